The monoisotopic (exact) mass is 246 g/mol. The second-order valence-electron chi connectivity index (χ2n) is 3.96. The Morgan fingerprint density at radius 1 is 1.53 bits per heavy atom. The van der Waals surface area contributed by atoms with Gasteiger partial charge in [0.25, 0.3) is 0 Å². The number of nitrogens with zero attached hydrogens (tertiary/aromatic N) is 1. The van der Waals surface area contributed by atoms with Crippen molar-refractivity contribution in [3.8, 4) is 0 Å². The molecule has 17 heavy (non-hydrogen) atoms. The highest BCUT2D eigenvalue weighted by Crippen LogP contribution is 2.26. The molecule has 1 fully saturated rings. The molecule has 1 atom stereocenters. The van der Waals surface area contributed by atoms with Crippen molar-refractivity contribution >= 4 is 12.0 Å². The minimum absolute atomic E-state index is 0.215. The van der Waals surface area contributed by atoms with Crippen LogP contribution >= 0.6 is 0 Å². The maximum Gasteiger partial charge on any atom is 0.334 e. The smallest absolute Gasteiger partial charge is 0.334 e. The van der Waals surface area contributed by atoms with Crippen LogP contribution in [0.25, 0.3) is 0 Å². The third-order valence-electron chi connectivity index (χ3n) is 2.52. The molecule has 0 spiro atoms. The summed E-state index contributed by atoms with van der Waals surface area (Å²) < 4.78 is 4.90. The number of hydrogen-bond acceptors (Lipinski definition) is 4. The molecule has 1 saturated carbocycles. The zero-order valence-electron chi connectivity index (χ0n) is 9.76. The molecule has 0 unspecified atom stereocenters. The summed E-state index contributed by atoms with van der Waals surface area (Å²) in [5.74, 6) is -1.35. The van der Waals surface area contributed by atoms with Crippen LogP contribution in [0.1, 0.15) is 12.8 Å². The fourth-order valence-corrected chi connectivity index (χ4v) is 1.40. The van der Waals surface area contributed by atoms with Crippen molar-refractivity contribution in [1.29, 1.82) is 0 Å². The van der Waals surface area contributed by atoms with Gasteiger partial charge in [-0.05, 0) is 12.8 Å². The number of aliphatic hydroxyl groups excluding tert-OH is 1. The molecule has 0 bridgehead atoms. The lowest BCUT2D eigenvalue weighted by Crippen LogP contribution is -2.46. The van der Waals surface area contributed by atoms with Crippen LogP contribution in [0.5, 0.6) is 0 Å². The van der Waals surface area contributed by atoms with E-state index in [0.717, 1.165) is 12.8 Å². The Labute approximate surface area is 99.4 Å². The molecule has 7 heteroatoms. The van der Waals surface area contributed by atoms with Crippen LogP contribution in [-0.2, 0) is 9.53 Å². The van der Waals surface area contributed by atoms with Crippen LogP contribution in [-0.4, -0.2) is 66.1 Å². The molecule has 1 aliphatic carbocycles. The van der Waals surface area contributed by atoms with Crippen LogP contribution in [0.3, 0.4) is 0 Å². The standard InChI is InChI=1S/C10H18N2O5/c1-17-5-4-12(7-2-3-7)10(16)11-6-8(13)9(14)15/h7-8,13H,2-6H2,1H3,(H,11,16)(H,14,15)/t8-/m0/s1. The van der Waals surface area contributed by atoms with Gasteiger partial charge in [-0.25, -0.2) is 9.59 Å². The summed E-state index contributed by atoms with van der Waals surface area (Å²) >= 11 is 0. The van der Waals surface area contributed by atoms with Gasteiger partial charge in [0, 0.05) is 19.7 Å². The Hall–Kier alpha value is -1.34. The second kappa shape index (κ2) is 6.41. The van der Waals surface area contributed by atoms with Crippen molar-refractivity contribution in [2.75, 3.05) is 26.8 Å². The quantitative estimate of drug-likeness (QED) is 0.549. The van der Waals surface area contributed by atoms with Gasteiger partial charge in [0.1, 0.15) is 0 Å². The molecule has 0 aromatic rings. The first kappa shape index (κ1) is 13.7. The van der Waals surface area contributed by atoms with E-state index in [2.05, 4.69) is 5.32 Å². The number of aliphatic carboxylic acids is 1. The van der Waals surface area contributed by atoms with Crippen LogP contribution in [0.15, 0.2) is 0 Å². The van der Waals surface area contributed by atoms with Crippen molar-refractivity contribution in [2.45, 2.75) is 25.0 Å². The molecule has 0 heterocycles. The molecule has 3 N–H and O–H groups in total. The SMILES string of the molecule is COCCN(C(=O)NC[C@H](O)C(=O)O)C1CC1. The molecule has 0 aromatic heterocycles. The molecule has 0 aromatic carbocycles. The predicted octanol–water partition coefficient (Wildman–Crippen LogP) is -0.748. The second-order valence-corrected chi connectivity index (χ2v) is 3.96. The van der Waals surface area contributed by atoms with E-state index in [1.54, 1.807) is 12.0 Å². The number of carbonyl (C=O) groups excluding carboxylic acids is 1. The van der Waals surface area contributed by atoms with E-state index in [9.17, 15) is 9.59 Å². The molecular weight excluding hydrogens is 228 g/mol. The first-order valence-corrected chi connectivity index (χ1v) is 5.50. The topological polar surface area (TPSA) is 99.1 Å². The van der Waals surface area contributed by atoms with Crippen molar-refractivity contribution in [3.63, 3.8) is 0 Å². The number of rotatable bonds is 7. The highest BCUT2D eigenvalue weighted by Gasteiger charge is 2.32. The van der Waals surface area contributed by atoms with E-state index in [1.807, 2.05) is 0 Å². The summed E-state index contributed by atoms with van der Waals surface area (Å²) in [6.45, 7) is 0.617. The summed E-state index contributed by atoms with van der Waals surface area (Å²) in [6, 6.07) is -0.142. The lowest BCUT2D eigenvalue weighted by atomic mass is 10.3. The Kier molecular flexibility index (Phi) is 5.17. The van der Waals surface area contributed by atoms with Crippen LogP contribution < -0.4 is 5.32 Å². The maximum absolute atomic E-state index is 11.7. The van der Waals surface area contributed by atoms with Crippen molar-refractivity contribution in [2.24, 2.45) is 0 Å². The maximum atomic E-state index is 11.7. The number of aliphatic hydroxyl groups is 1. The zero-order chi connectivity index (χ0) is 12.8. The number of hydrogen-bond donors (Lipinski definition) is 3. The van der Waals surface area contributed by atoms with Gasteiger partial charge in [0.05, 0.1) is 13.2 Å². The number of amides is 2. The van der Waals surface area contributed by atoms with Crippen molar-refractivity contribution in [3.05, 3.63) is 0 Å². The van der Waals surface area contributed by atoms with Gasteiger partial charge >= 0.3 is 12.0 Å². The fraction of sp³-hybridized carbons (Fsp3) is 0.800. The average Bonchev–Trinajstić information content (AvgIpc) is 3.10. The first-order valence-electron chi connectivity index (χ1n) is 5.50. The number of urea groups is 1. The number of carboxylic acids is 1. The van der Waals surface area contributed by atoms with Crippen LogP contribution in [0.4, 0.5) is 4.79 Å². The van der Waals surface area contributed by atoms with Crippen LogP contribution in [0, 0.1) is 0 Å². The predicted molar refractivity (Wildman–Crippen MR) is 58.6 cm³/mol. The van der Waals surface area contributed by atoms with E-state index in [-0.39, 0.29) is 18.6 Å². The number of ether oxygens (including phenoxy) is 1. The third-order valence-corrected chi connectivity index (χ3v) is 2.52. The summed E-state index contributed by atoms with van der Waals surface area (Å²) in [5, 5.41) is 19.9. The highest BCUT2D eigenvalue weighted by atomic mass is 16.5. The normalized spacial score (nSPS) is 16.4. The molecule has 0 radical (unpaired) electrons. The largest absolute Gasteiger partial charge is 0.479 e. The van der Waals surface area contributed by atoms with Crippen molar-refractivity contribution in [1.82, 2.24) is 10.2 Å². The summed E-state index contributed by atoms with van der Waals surface area (Å²) in [6.07, 6.45) is 0.347. The van der Waals surface area contributed by atoms with Gasteiger partial charge in [-0.3, -0.25) is 0 Å². The summed E-state index contributed by atoms with van der Waals surface area (Å²) in [4.78, 5) is 23.7. The Morgan fingerprint density at radius 3 is 2.65 bits per heavy atom. The number of nitrogens with one attached hydrogen (secondary N) is 1. The summed E-state index contributed by atoms with van der Waals surface area (Å²) in [5.41, 5.74) is 0. The van der Waals surface area contributed by atoms with Crippen LogP contribution in [0.2, 0.25) is 0 Å². The Bertz CT molecular complexity index is 280. The van der Waals surface area contributed by atoms with Gasteiger partial charge in [0.15, 0.2) is 6.10 Å². The molecule has 2 amide bonds. The minimum Gasteiger partial charge on any atom is -0.479 e. The van der Waals surface area contributed by atoms with Crippen molar-refractivity contribution < 1.29 is 24.5 Å². The Balaban J connectivity index is 2.34. The molecule has 0 saturated heterocycles. The zero-order valence-corrected chi connectivity index (χ0v) is 9.76. The van der Waals surface area contributed by atoms with Gasteiger partial charge in [0.2, 0.25) is 0 Å². The van der Waals surface area contributed by atoms with E-state index in [0.29, 0.717) is 13.2 Å². The van der Waals surface area contributed by atoms with E-state index >= 15 is 0 Å². The van der Waals surface area contributed by atoms with Gasteiger partial charge < -0.3 is 25.2 Å². The number of carbonyl (C=O) groups is 2. The fourth-order valence-electron chi connectivity index (χ4n) is 1.40. The Morgan fingerprint density at radius 2 is 2.18 bits per heavy atom. The van der Waals surface area contributed by atoms with Gasteiger partial charge in [-0.2, -0.15) is 0 Å². The van der Waals surface area contributed by atoms with E-state index < -0.39 is 12.1 Å². The highest BCUT2D eigenvalue weighted by molar-refractivity contribution is 5.77. The lowest BCUT2D eigenvalue weighted by molar-refractivity contribution is -0.146. The molecule has 1 aliphatic rings. The molecule has 7 nitrogen and oxygen atoms in total. The third kappa shape index (κ3) is 4.58. The number of methoxy groups -OCH3 is 1. The molecule has 98 valence electrons. The first-order chi connectivity index (χ1) is 8.06. The van der Waals surface area contributed by atoms with Gasteiger partial charge in [-0.1, -0.05) is 0 Å². The minimum atomic E-state index is -1.57. The summed E-state index contributed by atoms with van der Waals surface area (Å²) in [7, 11) is 1.55. The average molecular weight is 246 g/mol. The van der Waals surface area contributed by atoms with E-state index in [4.69, 9.17) is 14.9 Å². The molecular formula is C10H18N2O5. The number of carboxylic acid groups (broad SMARTS) is 1. The van der Waals surface area contributed by atoms with Gasteiger partial charge in [-0.15, -0.1) is 0 Å². The lowest BCUT2D eigenvalue weighted by Gasteiger charge is -2.22. The van der Waals surface area contributed by atoms with E-state index in [1.165, 1.54) is 0 Å². The molecule has 0 aliphatic heterocycles. The molecule has 1 rings (SSSR count).